The zero-order valence-corrected chi connectivity index (χ0v) is 9.77. The number of thioether (sulfide) groups is 1. The molecule has 0 fully saturated rings. The topological polar surface area (TPSA) is 46.5 Å². The van der Waals surface area contributed by atoms with Gasteiger partial charge in [-0.3, -0.25) is 0 Å². The number of hydrogen-bond acceptors (Lipinski definition) is 3. The fourth-order valence-electron chi connectivity index (χ4n) is 1.00. The average Bonchev–Trinajstić information content (AvgIpc) is 2.17. The molecule has 0 aromatic heterocycles. The molecule has 0 bridgehead atoms. The van der Waals surface area contributed by atoms with Crippen LogP contribution >= 0.6 is 23.4 Å². The summed E-state index contributed by atoms with van der Waals surface area (Å²) in [5, 5.41) is 9.03. The second-order valence-electron chi connectivity index (χ2n) is 2.79. The summed E-state index contributed by atoms with van der Waals surface area (Å²) >= 11 is 7.39. The molecule has 1 N–H and O–H groups in total. The molecular formula is C10H11ClO3S. The average molecular weight is 247 g/mol. The Labute approximate surface area is 97.4 Å². The Bertz CT molecular complexity index is 355. The summed E-state index contributed by atoms with van der Waals surface area (Å²) < 4.78 is 4.91. The molecule has 3 nitrogen and oxygen atoms in total. The maximum atomic E-state index is 10.7. The van der Waals surface area contributed by atoms with Crippen molar-refractivity contribution in [1.82, 2.24) is 0 Å². The first-order valence-corrected chi connectivity index (χ1v) is 5.66. The quantitative estimate of drug-likeness (QED) is 0.641. The second-order valence-corrected chi connectivity index (χ2v) is 4.36. The maximum absolute atomic E-state index is 10.7. The van der Waals surface area contributed by atoms with E-state index in [1.807, 2.05) is 0 Å². The lowest BCUT2D eigenvalue weighted by Crippen LogP contribution is -1.97. The number of rotatable bonds is 5. The van der Waals surface area contributed by atoms with Crippen molar-refractivity contribution in [2.45, 2.75) is 4.90 Å². The van der Waals surface area contributed by atoms with Crippen molar-refractivity contribution < 1.29 is 14.6 Å². The fraction of sp³-hybridized carbons (Fsp3) is 0.300. The first kappa shape index (κ1) is 12.4. The lowest BCUT2D eigenvalue weighted by atomic mass is 10.2. The van der Waals surface area contributed by atoms with Gasteiger partial charge in [-0.1, -0.05) is 11.6 Å². The maximum Gasteiger partial charge on any atom is 0.337 e. The number of carbonyl (C=O) groups is 1. The summed E-state index contributed by atoms with van der Waals surface area (Å²) in [6.07, 6.45) is 0. The first-order valence-electron chi connectivity index (χ1n) is 4.29. The molecule has 15 heavy (non-hydrogen) atoms. The van der Waals surface area contributed by atoms with E-state index in [0.29, 0.717) is 6.61 Å². The molecule has 1 aromatic carbocycles. The van der Waals surface area contributed by atoms with E-state index in [1.165, 1.54) is 6.07 Å². The molecule has 1 aromatic rings. The van der Waals surface area contributed by atoms with Gasteiger partial charge < -0.3 is 9.84 Å². The van der Waals surface area contributed by atoms with Crippen LogP contribution in [-0.2, 0) is 4.74 Å². The number of methoxy groups -OCH3 is 1. The van der Waals surface area contributed by atoms with Crippen LogP contribution in [-0.4, -0.2) is 30.5 Å². The molecule has 1 rings (SSSR count). The van der Waals surface area contributed by atoms with Gasteiger partial charge >= 0.3 is 5.97 Å². The smallest absolute Gasteiger partial charge is 0.337 e. The van der Waals surface area contributed by atoms with E-state index < -0.39 is 5.97 Å². The Morgan fingerprint density at radius 3 is 2.87 bits per heavy atom. The van der Waals surface area contributed by atoms with Crippen molar-refractivity contribution in [3.63, 3.8) is 0 Å². The third-order valence-electron chi connectivity index (χ3n) is 1.73. The first-order chi connectivity index (χ1) is 7.15. The van der Waals surface area contributed by atoms with Crippen LogP contribution in [0.3, 0.4) is 0 Å². The predicted octanol–water partition coefficient (Wildman–Crippen LogP) is 2.78. The lowest BCUT2D eigenvalue weighted by Gasteiger charge is -2.03. The van der Waals surface area contributed by atoms with Gasteiger partial charge in [-0.15, -0.1) is 11.8 Å². The van der Waals surface area contributed by atoms with E-state index in [-0.39, 0.29) is 10.6 Å². The molecule has 0 amide bonds. The van der Waals surface area contributed by atoms with E-state index in [2.05, 4.69) is 0 Å². The minimum Gasteiger partial charge on any atom is -0.478 e. The van der Waals surface area contributed by atoms with Crippen LogP contribution < -0.4 is 0 Å². The standard InChI is InChI=1S/C10H11ClO3S/c1-14-4-5-15-7-2-3-8(10(12)13)9(11)6-7/h2-3,6H,4-5H2,1H3,(H,12,13). The predicted molar refractivity (Wildman–Crippen MR) is 61.0 cm³/mol. The van der Waals surface area contributed by atoms with Crippen LogP contribution in [0.4, 0.5) is 0 Å². The number of halogens is 1. The van der Waals surface area contributed by atoms with E-state index in [9.17, 15) is 4.79 Å². The highest BCUT2D eigenvalue weighted by Gasteiger charge is 2.08. The molecule has 0 saturated heterocycles. The van der Waals surface area contributed by atoms with E-state index in [4.69, 9.17) is 21.4 Å². The highest BCUT2D eigenvalue weighted by atomic mass is 35.5. The SMILES string of the molecule is COCCSc1ccc(C(=O)O)c(Cl)c1. The molecule has 5 heteroatoms. The minimum atomic E-state index is -1.01. The summed E-state index contributed by atoms with van der Waals surface area (Å²) in [4.78, 5) is 11.6. The zero-order valence-electron chi connectivity index (χ0n) is 8.20. The van der Waals surface area contributed by atoms with Crippen molar-refractivity contribution in [3.05, 3.63) is 28.8 Å². The molecule has 0 heterocycles. The molecule has 0 aliphatic carbocycles. The zero-order chi connectivity index (χ0) is 11.3. The molecule has 0 aliphatic heterocycles. The molecule has 82 valence electrons. The summed E-state index contributed by atoms with van der Waals surface area (Å²) in [6.45, 7) is 0.656. The molecule has 0 atom stereocenters. The Hall–Kier alpha value is -0.710. The number of hydrogen-bond donors (Lipinski definition) is 1. The van der Waals surface area contributed by atoms with Gasteiger partial charge in [-0.25, -0.2) is 4.79 Å². The molecule has 0 saturated carbocycles. The Kier molecular flexibility index (Phi) is 4.94. The molecule has 0 unspecified atom stereocenters. The van der Waals surface area contributed by atoms with Gasteiger partial charge in [0.1, 0.15) is 0 Å². The van der Waals surface area contributed by atoms with Gasteiger partial charge in [0.25, 0.3) is 0 Å². The van der Waals surface area contributed by atoms with E-state index in [0.717, 1.165) is 10.6 Å². The fourth-order valence-corrected chi connectivity index (χ4v) is 2.18. The molecule has 0 spiro atoms. The van der Waals surface area contributed by atoms with E-state index in [1.54, 1.807) is 31.0 Å². The van der Waals surface area contributed by atoms with Gasteiger partial charge in [-0.05, 0) is 18.2 Å². The largest absolute Gasteiger partial charge is 0.478 e. The van der Waals surface area contributed by atoms with Crippen LogP contribution in [0.1, 0.15) is 10.4 Å². The molecule has 0 radical (unpaired) electrons. The third kappa shape index (κ3) is 3.74. The van der Waals surface area contributed by atoms with Crippen LogP contribution in [0.2, 0.25) is 5.02 Å². The second kappa shape index (κ2) is 6.00. The third-order valence-corrected chi connectivity index (χ3v) is 3.00. The van der Waals surface area contributed by atoms with Crippen LogP contribution in [0.15, 0.2) is 23.1 Å². The highest BCUT2D eigenvalue weighted by Crippen LogP contribution is 2.24. The molecular weight excluding hydrogens is 236 g/mol. The number of aromatic carboxylic acids is 1. The summed E-state index contributed by atoms with van der Waals surface area (Å²) in [5.74, 6) is -0.187. The van der Waals surface area contributed by atoms with Crippen LogP contribution in [0.25, 0.3) is 0 Å². The van der Waals surface area contributed by atoms with Crippen molar-refractivity contribution in [2.24, 2.45) is 0 Å². The normalized spacial score (nSPS) is 10.3. The number of carboxylic acids is 1. The van der Waals surface area contributed by atoms with Crippen molar-refractivity contribution in [3.8, 4) is 0 Å². The van der Waals surface area contributed by atoms with Crippen molar-refractivity contribution >= 4 is 29.3 Å². The van der Waals surface area contributed by atoms with Gasteiger partial charge in [0.15, 0.2) is 0 Å². The van der Waals surface area contributed by atoms with Gasteiger partial charge in [0, 0.05) is 17.8 Å². The summed E-state index contributed by atoms with van der Waals surface area (Å²) in [7, 11) is 1.64. The number of benzene rings is 1. The minimum absolute atomic E-state index is 0.132. The Morgan fingerprint density at radius 1 is 1.60 bits per heavy atom. The number of ether oxygens (including phenoxy) is 1. The van der Waals surface area contributed by atoms with Gasteiger partial charge in [0.05, 0.1) is 17.2 Å². The monoisotopic (exact) mass is 246 g/mol. The molecule has 0 aliphatic rings. The summed E-state index contributed by atoms with van der Waals surface area (Å²) in [5.41, 5.74) is 0.132. The van der Waals surface area contributed by atoms with Crippen molar-refractivity contribution in [1.29, 1.82) is 0 Å². The Balaban J connectivity index is 2.69. The Morgan fingerprint density at radius 2 is 2.33 bits per heavy atom. The van der Waals surface area contributed by atoms with Crippen LogP contribution in [0.5, 0.6) is 0 Å². The van der Waals surface area contributed by atoms with E-state index >= 15 is 0 Å². The van der Waals surface area contributed by atoms with Gasteiger partial charge in [0.2, 0.25) is 0 Å². The van der Waals surface area contributed by atoms with Crippen molar-refractivity contribution in [2.75, 3.05) is 19.5 Å². The highest BCUT2D eigenvalue weighted by molar-refractivity contribution is 7.99. The summed E-state index contributed by atoms with van der Waals surface area (Å²) in [6, 6.07) is 4.92. The number of carboxylic acid groups (broad SMARTS) is 1. The van der Waals surface area contributed by atoms with Crippen LogP contribution in [0, 0.1) is 0 Å². The lowest BCUT2D eigenvalue weighted by molar-refractivity contribution is 0.0697. The van der Waals surface area contributed by atoms with Gasteiger partial charge in [-0.2, -0.15) is 0 Å².